The summed E-state index contributed by atoms with van der Waals surface area (Å²) in [4.78, 5) is 11.9. The third kappa shape index (κ3) is 4.05. The molecule has 0 radical (unpaired) electrons. The lowest BCUT2D eigenvalue weighted by Crippen LogP contribution is -2.14. The van der Waals surface area contributed by atoms with Gasteiger partial charge in [-0.2, -0.15) is 8.75 Å². The normalized spacial score (nSPS) is 10.6. The van der Waals surface area contributed by atoms with E-state index in [1.807, 2.05) is 32.0 Å². The summed E-state index contributed by atoms with van der Waals surface area (Å²) in [5.41, 5.74) is 5.18. The Morgan fingerprint density at radius 2 is 2.05 bits per heavy atom. The maximum Gasteiger partial charge on any atom is 0.234 e. The van der Waals surface area contributed by atoms with Crippen molar-refractivity contribution in [1.29, 1.82) is 0 Å². The lowest BCUT2D eigenvalue weighted by atomic mass is 10.1. The van der Waals surface area contributed by atoms with E-state index in [-0.39, 0.29) is 5.91 Å². The van der Waals surface area contributed by atoms with Crippen molar-refractivity contribution in [2.24, 2.45) is 0 Å². The van der Waals surface area contributed by atoms with Gasteiger partial charge in [0.15, 0.2) is 0 Å². The first kappa shape index (κ1) is 15.0. The summed E-state index contributed by atoms with van der Waals surface area (Å²) in [6.45, 7) is 6.04. The van der Waals surface area contributed by atoms with Gasteiger partial charge in [-0.05, 0) is 44.0 Å². The van der Waals surface area contributed by atoms with Crippen LogP contribution in [0.4, 0.5) is 5.69 Å². The topological polar surface area (TPSA) is 54.9 Å². The fourth-order valence-corrected chi connectivity index (χ4v) is 3.11. The lowest BCUT2D eigenvalue weighted by Gasteiger charge is -2.07. The summed E-state index contributed by atoms with van der Waals surface area (Å²) >= 11 is 2.77. The van der Waals surface area contributed by atoms with Crippen molar-refractivity contribution in [2.75, 3.05) is 11.1 Å². The average Bonchev–Trinajstić information content (AvgIpc) is 2.80. The van der Waals surface area contributed by atoms with Crippen LogP contribution >= 0.6 is 23.5 Å². The van der Waals surface area contributed by atoms with Gasteiger partial charge in [0, 0.05) is 11.4 Å². The first-order valence-electron chi connectivity index (χ1n) is 6.29. The van der Waals surface area contributed by atoms with Gasteiger partial charge in [0.25, 0.3) is 0 Å². The SMILES string of the molecule is Cc1ccc(NC(=O)CSCc2nsnc2C)cc1C. The zero-order chi connectivity index (χ0) is 14.5. The minimum atomic E-state index is 0.0131. The molecule has 2 rings (SSSR count). The predicted octanol–water partition coefficient (Wildman–Crippen LogP) is 3.34. The van der Waals surface area contributed by atoms with Gasteiger partial charge in [0.1, 0.15) is 0 Å². The largest absolute Gasteiger partial charge is 0.325 e. The van der Waals surface area contributed by atoms with Gasteiger partial charge in [0.2, 0.25) is 5.91 Å². The second-order valence-corrected chi connectivity index (χ2v) is 6.15. The highest BCUT2D eigenvalue weighted by Gasteiger charge is 2.07. The van der Waals surface area contributed by atoms with Gasteiger partial charge in [-0.1, -0.05) is 6.07 Å². The molecule has 4 nitrogen and oxygen atoms in total. The minimum Gasteiger partial charge on any atom is -0.325 e. The van der Waals surface area contributed by atoms with Gasteiger partial charge < -0.3 is 5.32 Å². The Morgan fingerprint density at radius 1 is 1.25 bits per heavy atom. The molecule has 20 heavy (non-hydrogen) atoms. The number of rotatable bonds is 5. The Bertz CT molecular complexity index is 610. The highest BCUT2D eigenvalue weighted by molar-refractivity contribution is 7.99. The summed E-state index contributed by atoms with van der Waals surface area (Å²) in [5.74, 6) is 1.16. The predicted molar refractivity (Wildman–Crippen MR) is 85.4 cm³/mol. The fraction of sp³-hybridized carbons (Fsp3) is 0.357. The van der Waals surface area contributed by atoms with Crippen molar-refractivity contribution in [3.8, 4) is 0 Å². The number of benzene rings is 1. The van der Waals surface area contributed by atoms with E-state index >= 15 is 0 Å². The van der Waals surface area contributed by atoms with Crippen LogP contribution in [0.2, 0.25) is 0 Å². The van der Waals surface area contributed by atoms with Crippen molar-refractivity contribution < 1.29 is 4.79 Å². The van der Waals surface area contributed by atoms with Gasteiger partial charge in [-0.25, -0.2) is 0 Å². The van der Waals surface area contributed by atoms with Crippen molar-refractivity contribution in [2.45, 2.75) is 26.5 Å². The molecule has 0 unspecified atom stereocenters. The Hall–Kier alpha value is -1.40. The third-order valence-electron chi connectivity index (χ3n) is 3.01. The molecule has 1 N–H and O–H groups in total. The van der Waals surface area contributed by atoms with E-state index in [9.17, 15) is 4.79 Å². The second kappa shape index (κ2) is 6.85. The van der Waals surface area contributed by atoms with Crippen LogP contribution in [-0.4, -0.2) is 20.4 Å². The standard InChI is InChI=1S/C14H17N3OS2/c1-9-4-5-12(6-10(9)2)15-14(18)8-19-7-13-11(3)16-20-17-13/h4-6H,7-8H2,1-3H3,(H,15,18). The maximum absolute atomic E-state index is 11.9. The van der Waals surface area contributed by atoms with Crippen molar-refractivity contribution in [3.05, 3.63) is 40.7 Å². The monoisotopic (exact) mass is 307 g/mol. The molecule has 2 aromatic rings. The summed E-state index contributed by atoms with van der Waals surface area (Å²) in [7, 11) is 0. The smallest absolute Gasteiger partial charge is 0.234 e. The van der Waals surface area contributed by atoms with Crippen LogP contribution in [0.3, 0.4) is 0 Å². The number of nitrogens with zero attached hydrogens (tertiary/aromatic N) is 2. The van der Waals surface area contributed by atoms with Crippen molar-refractivity contribution >= 4 is 35.1 Å². The maximum atomic E-state index is 11.9. The second-order valence-electron chi connectivity index (χ2n) is 4.64. The zero-order valence-corrected chi connectivity index (χ0v) is 13.4. The van der Waals surface area contributed by atoms with E-state index in [0.717, 1.165) is 22.8 Å². The molecule has 6 heteroatoms. The molecule has 0 saturated carbocycles. The molecule has 0 bridgehead atoms. The number of hydrogen-bond acceptors (Lipinski definition) is 5. The highest BCUT2D eigenvalue weighted by atomic mass is 32.2. The molecular formula is C14H17N3OS2. The molecule has 0 atom stereocenters. The molecule has 0 spiro atoms. The quantitative estimate of drug-likeness (QED) is 0.920. The number of hydrogen-bond donors (Lipinski definition) is 1. The van der Waals surface area contributed by atoms with Gasteiger partial charge in [0.05, 0.1) is 28.9 Å². The zero-order valence-electron chi connectivity index (χ0n) is 11.8. The lowest BCUT2D eigenvalue weighted by molar-refractivity contribution is -0.113. The van der Waals surface area contributed by atoms with E-state index in [4.69, 9.17) is 0 Å². The van der Waals surface area contributed by atoms with Crippen LogP contribution in [0.1, 0.15) is 22.5 Å². The Morgan fingerprint density at radius 3 is 2.70 bits per heavy atom. The molecule has 0 saturated heterocycles. The number of carbonyl (C=O) groups is 1. The first-order valence-corrected chi connectivity index (χ1v) is 8.17. The number of anilines is 1. The number of amides is 1. The number of aryl methyl sites for hydroxylation is 3. The average molecular weight is 307 g/mol. The van der Waals surface area contributed by atoms with E-state index in [2.05, 4.69) is 21.0 Å². The van der Waals surface area contributed by atoms with Gasteiger partial charge >= 0.3 is 0 Å². The fourth-order valence-electron chi connectivity index (χ4n) is 1.64. The number of thioether (sulfide) groups is 1. The van der Waals surface area contributed by atoms with Gasteiger partial charge in [-0.3, -0.25) is 4.79 Å². The molecule has 106 valence electrons. The summed E-state index contributed by atoms with van der Waals surface area (Å²) in [6, 6.07) is 5.94. The van der Waals surface area contributed by atoms with E-state index < -0.39 is 0 Å². The van der Waals surface area contributed by atoms with Crippen LogP contribution in [0.25, 0.3) is 0 Å². The molecule has 1 aromatic heterocycles. The van der Waals surface area contributed by atoms with Crippen LogP contribution < -0.4 is 5.32 Å². The summed E-state index contributed by atoms with van der Waals surface area (Å²) in [5, 5.41) is 2.91. The molecule has 0 aliphatic rings. The first-order chi connectivity index (χ1) is 9.56. The number of nitrogens with one attached hydrogen (secondary N) is 1. The van der Waals surface area contributed by atoms with Crippen LogP contribution in [0.5, 0.6) is 0 Å². The van der Waals surface area contributed by atoms with Crippen LogP contribution in [-0.2, 0) is 10.5 Å². The highest BCUT2D eigenvalue weighted by Crippen LogP contribution is 2.16. The Kier molecular flexibility index (Phi) is 5.14. The minimum absolute atomic E-state index is 0.0131. The Balaban J connectivity index is 1.80. The van der Waals surface area contributed by atoms with E-state index in [1.54, 1.807) is 11.8 Å². The van der Waals surface area contributed by atoms with E-state index in [0.29, 0.717) is 5.75 Å². The number of aromatic nitrogens is 2. The third-order valence-corrected chi connectivity index (χ3v) is 4.61. The van der Waals surface area contributed by atoms with E-state index in [1.165, 1.54) is 22.9 Å². The molecule has 1 heterocycles. The van der Waals surface area contributed by atoms with Gasteiger partial charge in [-0.15, -0.1) is 11.8 Å². The summed E-state index contributed by atoms with van der Waals surface area (Å²) < 4.78 is 8.31. The molecule has 1 amide bonds. The van der Waals surface area contributed by atoms with Crippen LogP contribution in [0.15, 0.2) is 18.2 Å². The molecular weight excluding hydrogens is 290 g/mol. The van der Waals surface area contributed by atoms with Crippen molar-refractivity contribution in [3.63, 3.8) is 0 Å². The summed E-state index contributed by atoms with van der Waals surface area (Å²) in [6.07, 6.45) is 0. The number of carbonyl (C=O) groups excluding carboxylic acids is 1. The molecule has 0 aliphatic carbocycles. The Labute approximate surface area is 127 Å². The molecule has 0 fully saturated rings. The molecule has 0 aliphatic heterocycles. The van der Waals surface area contributed by atoms with Crippen LogP contribution in [0, 0.1) is 20.8 Å². The van der Waals surface area contributed by atoms with Crippen molar-refractivity contribution in [1.82, 2.24) is 8.75 Å². The molecule has 1 aromatic carbocycles.